The zero-order valence-electron chi connectivity index (χ0n) is 9.07. The molecule has 0 aliphatic heterocycles. The molecule has 0 aliphatic carbocycles. The number of aromatic nitrogens is 1. The lowest BCUT2D eigenvalue weighted by atomic mass is 10.0. The zero-order chi connectivity index (χ0) is 12.2. The maximum Gasteiger partial charge on any atom is 0.329 e. The van der Waals surface area contributed by atoms with Gasteiger partial charge >= 0.3 is 5.97 Å². The Hall–Kier alpha value is -0.980. The van der Waals surface area contributed by atoms with Gasteiger partial charge in [0, 0.05) is 18.0 Å². The Morgan fingerprint density at radius 3 is 2.50 bits per heavy atom. The number of Topliss-reactive ketones (excluding diaryl/α,β-unsaturated/α-hetero) is 1. The fourth-order valence-corrected chi connectivity index (χ4v) is 1.60. The van der Waals surface area contributed by atoms with Crippen molar-refractivity contribution < 1.29 is 14.3 Å². The normalized spacial score (nSPS) is 13.9. The lowest BCUT2D eigenvalue weighted by Gasteiger charge is -2.18. The highest BCUT2D eigenvalue weighted by Gasteiger charge is 2.40. The standard InChI is InChI=1S/C11H12INO3/c1-3-16-10(15)11(2,12)9(14)8-4-6-13-7-5-8/h4-7H,3H2,1-2H3. The van der Waals surface area contributed by atoms with E-state index in [0.717, 1.165) is 0 Å². The Kier molecular flexibility index (Phi) is 4.40. The monoisotopic (exact) mass is 333 g/mol. The van der Waals surface area contributed by atoms with Gasteiger partial charge in [-0.15, -0.1) is 0 Å². The first-order valence-electron chi connectivity index (χ1n) is 4.81. The van der Waals surface area contributed by atoms with Gasteiger partial charge in [0.2, 0.25) is 0 Å². The number of hydrogen-bond acceptors (Lipinski definition) is 4. The van der Waals surface area contributed by atoms with Crippen molar-refractivity contribution in [2.24, 2.45) is 0 Å². The Morgan fingerprint density at radius 1 is 1.44 bits per heavy atom. The van der Waals surface area contributed by atoms with Crippen LogP contribution in [0.1, 0.15) is 24.2 Å². The average Bonchev–Trinajstić information content (AvgIpc) is 2.29. The molecule has 5 heteroatoms. The molecule has 0 aromatic carbocycles. The summed E-state index contributed by atoms with van der Waals surface area (Å²) in [6.07, 6.45) is 3.04. The number of halogens is 1. The molecule has 0 N–H and O–H groups in total. The molecule has 16 heavy (non-hydrogen) atoms. The quantitative estimate of drug-likeness (QED) is 0.278. The number of ether oxygens (including phenoxy) is 1. The average molecular weight is 333 g/mol. The Labute approximate surface area is 108 Å². The second-order valence-corrected chi connectivity index (χ2v) is 5.45. The molecule has 0 amide bonds. The van der Waals surface area contributed by atoms with E-state index < -0.39 is 9.39 Å². The van der Waals surface area contributed by atoms with Crippen molar-refractivity contribution in [2.75, 3.05) is 6.61 Å². The van der Waals surface area contributed by atoms with Crippen LogP contribution in [-0.2, 0) is 9.53 Å². The highest BCUT2D eigenvalue weighted by atomic mass is 127. The number of nitrogens with zero attached hydrogens (tertiary/aromatic N) is 1. The first-order valence-corrected chi connectivity index (χ1v) is 5.89. The molecule has 86 valence electrons. The zero-order valence-corrected chi connectivity index (χ0v) is 11.2. The summed E-state index contributed by atoms with van der Waals surface area (Å²) in [4.78, 5) is 27.5. The van der Waals surface area contributed by atoms with Crippen LogP contribution in [0.15, 0.2) is 24.5 Å². The minimum Gasteiger partial charge on any atom is -0.465 e. The molecule has 1 heterocycles. The molecule has 1 unspecified atom stereocenters. The number of esters is 1. The Bertz CT molecular complexity index is 389. The molecule has 0 aliphatic rings. The van der Waals surface area contributed by atoms with Crippen LogP contribution in [0.5, 0.6) is 0 Å². The molecule has 1 aromatic heterocycles. The fourth-order valence-electron chi connectivity index (χ4n) is 1.13. The van der Waals surface area contributed by atoms with Crippen molar-refractivity contribution in [2.45, 2.75) is 17.3 Å². The lowest BCUT2D eigenvalue weighted by molar-refractivity contribution is -0.143. The van der Waals surface area contributed by atoms with E-state index in [4.69, 9.17) is 4.74 Å². The van der Waals surface area contributed by atoms with Gasteiger partial charge in [-0.05, 0) is 26.0 Å². The van der Waals surface area contributed by atoms with Gasteiger partial charge < -0.3 is 4.74 Å². The number of alkyl halides is 1. The third-order valence-corrected chi connectivity index (χ3v) is 2.96. The van der Waals surface area contributed by atoms with Crippen LogP contribution >= 0.6 is 22.6 Å². The first kappa shape index (κ1) is 13.1. The summed E-state index contributed by atoms with van der Waals surface area (Å²) < 4.78 is 3.68. The maximum absolute atomic E-state index is 12.0. The molecular weight excluding hydrogens is 321 g/mol. The predicted molar refractivity (Wildman–Crippen MR) is 67.6 cm³/mol. The van der Waals surface area contributed by atoms with Gasteiger partial charge in [0.05, 0.1) is 6.61 Å². The largest absolute Gasteiger partial charge is 0.465 e. The van der Waals surface area contributed by atoms with Crippen LogP contribution in [0.4, 0.5) is 0 Å². The third-order valence-electron chi connectivity index (χ3n) is 2.03. The van der Waals surface area contributed by atoms with E-state index >= 15 is 0 Å². The minimum atomic E-state index is -1.19. The number of ketones is 1. The molecule has 1 rings (SSSR count). The van der Waals surface area contributed by atoms with E-state index in [2.05, 4.69) is 4.98 Å². The molecule has 0 bridgehead atoms. The van der Waals surface area contributed by atoms with Crippen LogP contribution < -0.4 is 0 Å². The summed E-state index contributed by atoms with van der Waals surface area (Å²) in [6, 6.07) is 3.16. The predicted octanol–water partition coefficient (Wildman–Crippen LogP) is 2.02. The van der Waals surface area contributed by atoms with E-state index in [-0.39, 0.29) is 12.4 Å². The van der Waals surface area contributed by atoms with Crippen molar-refractivity contribution in [3.05, 3.63) is 30.1 Å². The summed E-state index contributed by atoms with van der Waals surface area (Å²) in [6.45, 7) is 3.52. The molecular formula is C11H12INO3. The number of carbonyl (C=O) groups excluding carboxylic acids is 2. The van der Waals surface area contributed by atoms with Crippen LogP contribution in [0.25, 0.3) is 0 Å². The minimum absolute atomic E-state index is 0.265. The lowest BCUT2D eigenvalue weighted by Crippen LogP contribution is -2.39. The summed E-state index contributed by atoms with van der Waals surface area (Å²) in [5.74, 6) is -0.786. The van der Waals surface area contributed by atoms with Crippen molar-refractivity contribution in [3.8, 4) is 0 Å². The SMILES string of the molecule is CCOC(=O)C(C)(I)C(=O)c1ccncc1. The second-order valence-electron chi connectivity index (χ2n) is 3.29. The summed E-state index contributed by atoms with van der Waals surface area (Å²) in [5.41, 5.74) is 0.458. The van der Waals surface area contributed by atoms with Gasteiger partial charge in [0.1, 0.15) is 0 Å². The number of pyridine rings is 1. The van der Waals surface area contributed by atoms with E-state index in [1.807, 2.05) is 22.6 Å². The van der Waals surface area contributed by atoms with Crippen molar-refractivity contribution >= 4 is 34.3 Å². The molecule has 0 spiro atoms. The van der Waals surface area contributed by atoms with E-state index in [1.54, 1.807) is 26.0 Å². The van der Waals surface area contributed by atoms with Gasteiger partial charge in [0.15, 0.2) is 9.20 Å². The Morgan fingerprint density at radius 2 is 2.00 bits per heavy atom. The smallest absolute Gasteiger partial charge is 0.329 e. The van der Waals surface area contributed by atoms with E-state index in [0.29, 0.717) is 5.56 Å². The number of hydrogen-bond donors (Lipinski definition) is 0. The maximum atomic E-state index is 12.0. The van der Waals surface area contributed by atoms with E-state index in [1.165, 1.54) is 12.4 Å². The third kappa shape index (κ3) is 2.78. The van der Waals surface area contributed by atoms with Gasteiger partial charge in [-0.2, -0.15) is 0 Å². The summed E-state index contributed by atoms with van der Waals surface area (Å²) >= 11 is 1.81. The molecule has 1 atom stereocenters. The van der Waals surface area contributed by atoms with Gasteiger partial charge in [-0.3, -0.25) is 14.6 Å². The Balaban J connectivity index is 2.92. The van der Waals surface area contributed by atoms with Crippen LogP contribution in [0.2, 0.25) is 0 Å². The summed E-state index contributed by atoms with van der Waals surface area (Å²) in [5, 5.41) is 0. The molecule has 0 saturated heterocycles. The van der Waals surface area contributed by atoms with Crippen molar-refractivity contribution in [3.63, 3.8) is 0 Å². The number of rotatable bonds is 4. The summed E-state index contributed by atoms with van der Waals surface area (Å²) in [7, 11) is 0. The van der Waals surface area contributed by atoms with Crippen molar-refractivity contribution in [1.82, 2.24) is 4.98 Å². The highest BCUT2D eigenvalue weighted by Crippen LogP contribution is 2.25. The second kappa shape index (κ2) is 5.38. The molecule has 4 nitrogen and oxygen atoms in total. The molecule has 0 fully saturated rings. The first-order chi connectivity index (χ1) is 7.50. The molecule has 1 aromatic rings. The molecule has 0 radical (unpaired) electrons. The highest BCUT2D eigenvalue weighted by molar-refractivity contribution is 14.1. The number of carbonyl (C=O) groups is 2. The van der Waals surface area contributed by atoms with E-state index in [9.17, 15) is 9.59 Å². The van der Waals surface area contributed by atoms with Crippen LogP contribution in [-0.4, -0.2) is 26.8 Å². The topological polar surface area (TPSA) is 56.3 Å². The van der Waals surface area contributed by atoms with Crippen LogP contribution in [0, 0.1) is 0 Å². The fraction of sp³-hybridized carbons (Fsp3) is 0.364. The van der Waals surface area contributed by atoms with Crippen molar-refractivity contribution in [1.29, 1.82) is 0 Å². The molecule has 0 saturated carbocycles. The van der Waals surface area contributed by atoms with Gasteiger partial charge in [-0.25, -0.2) is 0 Å². The van der Waals surface area contributed by atoms with Gasteiger partial charge in [-0.1, -0.05) is 22.6 Å². The van der Waals surface area contributed by atoms with Gasteiger partial charge in [0.25, 0.3) is 0 Å². The van der Waals surface area contributed by atoms with Crippen LogP contribution in [0.3, 0.4) is 0 Å².